The van der Waals surface area contributed by atoms with E-state index >= 15 is 0 Å². The summed E-state index contributed by atoms with van der Waals surface area (Å²) in [5, 5.41) is 2.74. The Labute approximate surface area is 145 Å². The monoisotopic (exact) mass is 349 g/mol. The Morgan fingerprint density at radius 1 is 1.30 bits per heavy atom. The molecule has 1 unspecified atom stereocenters. The van der Waals surface area contributed by atoms with Crippen molar-refractivity contribution in [3.05, 3.63) is 57.2 Å². The number of thiophene rings is 1. The summed E-state index contributed by atoms with van der Waals surface area (Å²) in [5.41, 5.74) is 0.989. The van der Waals surface area contributed by atoms with Crippen LogP contribution in [-0.4, -0.2) is 30.1 Å². The standard InChI is InChI=1S/C18H20ClNO2S/c19-15-7-5-14(6-8-15)11-18(21)20(12-16-3-1-9-22-16)13-17-4-2-10-23-17/h2,4-8,10,16H,1,3,9,11-13H2. The molecule has 0 saturated carbocycles. The van der Waals surface area contributed by atoms with Crippen LogP contribution in [0.25, 0.3) is 0 Å². The van der Waals surface area contributed by atoms with Crippen molar-refractivity contribution in [2.75, 3.05) is 13.2 Å². The molecule has 0 bridgehead atoms. The lowest BCUT2D eigenvalue weighted by molar-refractivity contribution is -0.132. The number of halogens is 1. The van der Waals surface area contributed by atoms with E-state index in [1.165, 1.54) is 4.88 Å². The predicted molar refractivity (Wildman–Crippen MR) is 93.9 cm³/mol. The summed E-state index contributed by atoms with van der Waals surface area (Å²) in [6.45, 7) is 2.14. The molecule has 1 aromatic heterocycles. The second-order valence-electron chi connectivity index (χ2n) is 5.79. The fourth-order valence-electron chi connectivity index (χ4n) is 2.77. The molecule has 2 aromatic rings. The van der Waals surface area contributed by atoms with Crippen LogP contribution in [0.1, 0.15) is 23.3 Å². The Kier molecular flexibility index (Phi) is 5.70. The van der Waals surface area contributed by atoms with Crippen LogP contribution in [0.2, 0.25) is 5.02 Å². The quantitative estimate of drug-likeness (QED) is 0.784. The minimum Gasteiger partial charge on any atom is -0.376 e. The fraction of sp³-hybridized carbons (Fsp3) is 0.389. The largest absolute Gasteiger partial charge is 0.376 e. The smallest absolute Gasteiger partial charge is 0.227 e. The van der Waals surface area contributed by atoms with Gasteiger partial charge >= 0.3 is 0 Å². The first-order valence-corrected chi connectivity index (χ1v) is 9.12. The van der Waals surface area contributed by atoms with Gasteiger partial charge in [-0.15, -0.1) is 11.3 Å². The summed E-state index contributed by atoms with van der Waals surface area (Å²) >= 11 is 7.59. The molecule has 0 aliphatic carbocycles. The highest BCUT2D eigenvalue weighted by molar-refractivity contribution is 7.09. The van der Waals surface area contributed by atoms with Gasteiger partial charge in [0, 0.05) is 23.1 Å². The van der Waals surface area contributed by atoms with Crippen molar-refractivity contribution in [3.8, 4) is 0 Å². The van der Waals surface area contributed by atoms with Gasteiger partial charge in [0.25, 0.3) is 0 Å². The van der Waals surface area contributed by atoms with Gasteiger partial charge in [-0.3, -0.25) is 4.79 Å². The molecule has 3 nitrogen and oxygen atoms in total. The van der Waals surface area contributed by atoms with E-state index in [1.54, 1.807) is 11.3 Å². The number of benzene rings is 1. The number of carbonyl (C=O) groups is 1. The van der Waals surface area contributed by atoms with E-state index in [1.807, 2.05) is 40.6 Å². The van der Waals surface area contributed by atoms with Gasteiger partial charge in [-0.2, -0.15) is 0 Å². The lowest BCUT2D eigenvalue weighted by Gasteiger charge is -2.25. The lowest BCUT2D eigenvalue weighted by atomic mass is 10.1. The molecule has 1 aliphatic rings. The average Bonchev–Trinajstić information content (AvgIpc) is 3.22. The van der Waals surface area contributed by atoms with Crippen LogP contribution in [0, 0.1) is 0 Å². The van der Waals surface area contributed by atoms with Crippen LogP contribution in [-0.2, 0) is 22.5 Å². The van der Waals surface area contributed by atoms with Crippen molar-refractivity contribution >= 4 is 28.8 Å². The van der Waals surface area contributed by atoms with Crippen molar-refractivity contribution in [2.24, 2.45) is 0 Å². The maximum Gasteiger partial charge on any atom is 0.227 e. The van der Waals surface area contributed by atoms with Gasteiger partial charge in [-0.1, -0.05) is 29.8 Å². The molecule has 1 aromatic carbocycles. The van der Waals surface area contributed by atoms with E-state index in [2.05, 4.69) is 6.07 Å². The first-order chi connectivity index (χ1) is 11.2. The Bertz CT molecular complexity index is 621. The van der Waals surface area contributed by atoms with Crippen molar-refractivity contribution in [3.63, 3.8) is 0 Å². The van der Waals surface area contributed by atoms with Crippen LogP contribution in [0.3, 0.4) is 0 Å². The molecule has 1 aliphatic heterocycles. The van der Waals surface area contributed by atoms with Gasteiger partial charge in [0.15, 0.2) is 0 Å². The summed E-state index contributed by atoms with van der Waals surface area (Å²) in [4.78, 5) is 15.9. The molecule has 3 rings (SSSR count). The molecule has 0 N–H and O–H groups in total. The van der Waals surface area contributed by atoms with Gasteiger partial charge in [0.05, 0.1) is 19.1 Å². The van der Waals surface area contributed by atoms with Gasteiger partial charge < -0.3 is 9.64 Å². The van der Waals surface area contributed by atoms with Gasteiger partial charge in [-0.05, 0) is 42.0 Å². The number of ether oxygens (including phenoxy) is 1. The predicted octanol–water partition coefficient (Wildman–Crippen LogP) is 4.15. The Morgan fingerprint density at radius 2 is 2.13 bits per heavy atom. The fourth-order valence-corrected chi connectivity index (χ4v) is 3.61. The Hall–Kier alpha value is -1.36. The van der Waals surface area contributed by atoms with Crippen molar-refractivity contribution in [1.29, 1.82) is 0 Å². The number of rotatable bonds is 6. The molecule has 1 saturated heterocycles. The SMILES string of the molecule is O=C(Cc1ccc(Cl)cc1)N(Cc1cccs1)CC1CCCO1. The third-order valence-electron chi connectivity index (χ3n) is 4.00. The molecular formula is C18H20ClNO2S. The summed E-state index contributed by atoms with van der Waals surface area (Å²) in [5.74, 6) is 0.135. The minimum absolute atomic E-state index is 0.135. The highest BCUT2D eigenvalue weighted by Gasteiger charge is 2.23. The van der Waals surface area contributed by atoms with Crippen LogP contribution >= 0.6 is 22.9 Å². The van der Waals surface area contributed by atoms with E-state index in [4.69, 9.17) is 16.3 Å². The number of amides is 1. The van der Waals surface area contributed by atoms with Crippen LogP contribution in [0.15, 0.2) is 41.8 Å². The Morgan fingerprint density at radius 3 is 2.78 bits per heavy atom. The molecule has 0 spiro atoms. The highest BCUT2D eigenvalue weighted by atomic mass is 35.5. The van der Waals surface area contributed by atoms with Crippen molar-refractivity contribution < 1.29 is 9.53 Å². The number of carbonyl (C=O) groups excluding carboxylic acids is 1. The van der Waals surface area contributed by atoms with E-state index in [-0.39, 0.29) is 12.0 Å². The molecule has 0 radical (unpaired) electrons. The van der Waals surface area contributed by atoms with Gasteiger partial charge in [-0.25, -0.2) is 0 Å². The summed E-state index contributed by atoms with van der Waals surface area (Å²) < 4.78 is 5.71. The van der Waals surface area contributed by atoms with E-state index in [9.17, 15) is 4.79 Å². The number of nitrogens with zero attached hydrogens (tertiary/aromatic N) is 1. The molecule has 2 heterocycles. The zero-order chi connectivity index (χ0) is 16.1. The van der Waals surface area contributed by atoms with Crippen LogP contribution in [0.4, 0.5) is 0 Å². The maximum atomic E-state index is 12.8. The van der Waals surface area contributed by atoms with Gasteiger partial charge in [0.2, 0.25) is 5.91 Å². The number of hydrogen-bond donors (Lipinski definition) is 0. The zero-order valence-electron chi connectivity index (χ0n) is 12.9. The summed E-state index contributed by atoms with van der Waals surface area (Å²) in [6.07, 6.45) is 2.69. The second-order valence-corrected chi connectivity index (χ2v) is 7.26. The third kappa shape index (κ3) is 4.80. The van der Waals surface area contributed by atoms with Crippen molar-refractivity contribution in [2.45, 2.75) is 31.9 Å². The van der Waals surface area contributed by atoms with Crippen LogP contribution in [0.5, 0.6) is 0 Å². The number of hydrogen-bond acceptors (Lipinski definition) is 3. The van der Waals surface area contributed by atoms with Gasteiger partial charge in [0.1, 0.15) is 0 Å². The first kappa shape index (κ1) is 16.5. The van der Waals surface area contributed by atoms with Crippen LogP contribution < -0.4 is 0 Å². The molecule has 1 amide bonds. The van der Waals surface area contributed by atoms with E-state index in [0.717, 1.165) is 25.0 Å². The minimum atomic E-state index is 0.135. The normalized spacial score (nSPS) is 17.3. The first-order valence-electron chi connectivity index (χ1n) is 7.87. The lowest BCUT2D eigenvalue weighted by Crippen LogP contribution is -2.37. The summed E-state index contributed by atoms with van der Waals surface area (Å²) in [7, 11) is 0. The molecule has 23 heavy (non-hydrogen) atoms. The van der Waals surface area contributed by atoms with E-state index in [0.29, 0.717) is 24.5 Å². The molecule has 5 heteroatoms. The maximum absolute atomic E-state index is 12.8. The average molecular weight is 350 g/mol. The molecule has 122 valence electrons. The third-order valence-corrected chi connectivity index (χ3v) is 5.11. The zero-order valence-corrected chi connectivity index (χ0v) is 14.5. The van der Waals surface area contributed by atoms with Crippen molar-refractivity contribution in [1.82, 2.24) is 4.90 Å². The molecule has 1 atom stereocenters. The van der Waals surface area contributed by atoms with E-state index < -0.39 is 0 Å². The highest BCUT2D eigenvalue weighted by Crippen LogP contribution is 2.18. The second kappa shape index (κ2) is 7.95. The molecule has 1 fully saturated rings. The summed E-state index contributed by atoms with van der Waals surface area (Å²) in [6, 6.07) is 11.6. The Balaban J connectivity index is 1.67. The topological polar surface area (TPSA) is 29.5 Å². The molecular weight excluding hydrogens is 330 g/mol.